The summed E-state index contributed by atoms with van der Waals surface area (Å²) < 4.78 is 55.8. The lowest BCUT2D eigenvalue weighted by Gasteiger charge is -2.42. The number of ether oxygens (including phenoxy) is 2. The molecule has 2 saturated heterocycles. The summed E-state index contributed by atoms with van der Waals surface area (Å²) >= 11 is 0. The van der Waals surface area contributed by atoms with Crippen LogP contribution in [0.3, 0.4) is 0 Å². The average Bonchev–Trinajstić information content (AvgIpc) is 3.50. The molecule has 0 bridgehead atoms. The molecule has 0 N–H and O–H groups in total. The van der Waals surface area contributed by atoms with Crippen molar-refractivity contribution in [3.8, 4) is 0 Å². The summed E-state index contributed by atoms with van der Waals surface area (Å²) in [7, 11) is 1.87. The van der Waals surface area contributed by atoms with Crippen LogP contribution in [0.2, 0.25) is 0 Å². The molecular weight excluding hydrogens is 551 g/mol. The molecule has 42 heavy (non-hydrogen) atoms. The summed E-state index contributed by atoms with van der Waals surface area (Å²) in [6.45, 7) is 3.31. The Morgan fingerprint density at radius 3 is 2.67 bits per heavy atom. The van der Waals surface area contributed by atoms with Crippen molar-refractivity contribution < 1.29 is 32.2 Å². The Labute approximate surface area is 241 Å². The third-order valence-electron chi connectivity index (χ3n) is 8.57. The van der Waals surface area contributed by atoms with Gasteiger partial charge in [-0.1, -0.05) is 12.1 Å². The van der Waals surface area contributed by atoms with Gasteiger partial charge in [0.25, 0.3) is 5.91 Å². The van der Waals surface area contributed by atoms with Gasteiger partial charge in [0.2, 0.25) is 0 Å². The third kappa shape index (κ3) is 5.23. The minimum atomic E-state index is -4.63. The van der Waals surface area contributed by atoms with Gasteiger partial charge in [-0.15, -0.1) is 10.2 Å². The van der Waals surface area contributed by atoms with Crippen LogP contribution in [0.5, 0.6) is 0 Å². The number of hydrogen-bond donors (Lipinski definition) is 0. The number of benzene rings is 2. The fraction of sp³-hybridized carbons (Fsp3) is 0.467. The summed E-state index contributed by atoms with van der Waals surface area (Å²) in [5.41, 5.74) is 0.702. The number of nitrogens with zero attached hydrogens (tertiary/aromatic N) is 5. The maximum absolute atomic E-state index is 14.4. The number of halogens is 3. The quantitative estimate of drug-likeness (QED) is 0.384. The van der Waals surface area contributed by atoms with Crippen LogP contribution < -0.4 is 9.80 Å². The van der Waals surface area contributed by atoms with E-state index in [1.54, 1.807) is 18.5 Å². The summed E-state index contributed by atoms with van der Waals surface area (Å²) in [4.78, 5) is 28.3. The highest BCUT2D eigenvalue weighted by Crippen LogP contribution is 2.43. The minimum absolute atomic E-state index is 0.00420. The van der Waals surface area contributed by atoms with E-state index in [-0.39, 0.29) is 41.6 Å². The standard InChI is InChI=1S/C30H32F3N5O4/c1-19(39)42-15-20-5-4-8-37(13-20)23-10-24-25(26(11-23)30(31,32)33)14-38(28(24)40)22-7-3-6-21(9-22)29(16-41-17-29)12-27-35-34-18-36(27)2/h3,6-7,9-11,18,20H,4-5,8,12-17H2,1-2H3. The van der Waals surface area contributed by atoms with Crippen molar-refractivity contribution >= 4 is 23.3 Å². The van der Waals surface area contributed by atoms with Crippen LogP contribution in [0.4, 0.5) is 24.5 Å². The number of amides is 1. The second-order valence-electron chi connectivity index (χ2n) is 11.5. The van der Waals surface area contributed by atoms with Crippen molar-refractivity contribution in [3.63, 3.8) is 0 Å². The molecule has 0 radical (unpaired) electrons. The van der Waals surface area contributed by atoms with Crippen LogP contribution in [0.25, 0.3) is 0 Å². The van der Waals surface area contributed by atoms with E-state index in [1.807, 2.05) is 34.7 Å². The maximum Gasteiger partial charge on any atom is 0.416 e. The smallest absolute Gasteiger partial charge is 0.416 e. The Hall–Kier alpha value is -3.93. The average molecular weight is 584 g/mol. The normalized spacial score (nSPS) is 19.9. The molecule has 0 aliphatic carbocycles. The van der Waals surface area contributed by atoms with Crippen LogP contribution in [0.15, 0.2) is 42.7 Å². The molecule has 1 amide bonds. The van der Waals surface area contributed by atoms with E-state index in [0.29, 0.717) is 44.1 Å². The molecular formula is C30H32F3N5O4. The zero-order valence-electron chi connectivity index (χ0n) is 23.5. The van der Waals surface area contributed by atoms with Gasteiger partial charge in [0, 0.05) is 61.8 Å². The monoisotopic (exact) mass is 583 g/mol. The molecule has 3 aliphatic heterocycles. The number of alkyl halides is 3. The number of rotatable bonds is 7. The van der Waals surface area contributed by atoms with Crippen LogP contribution in [0.1, 0.15) is 52.6 Å². The van der Waals surface area contributed by atoms with Gasteiger partial charge in [-0.2, -0.15) is 13.2 Å². The number of anilines is 2. The fourth-order valence-electron chi connectivity index (χ4n) is 6.20. The molecule has 9 nitrogen and oxygen atoms in total. The van der Waals surface area contributed by atoms with Gasteiger partial charge in [0.1, 0.15) is 12.2 Å². The van der Waals surface area contributed by atoms with E-state index in [1.165, 1.54) is 11.8 Å². The molecule has 4 heterocycles. The molecule has 3 aliphatic rings. The lowest BCUT2D eigenvalue weighted by molar-refractivity contribution is -0.142. The molecule has 1 atom stereocenters. The molecule has 12 heteroatoms. The van der Waals surface area contributed by atoms with Gasteiger partial charge in [0.05, 0.1) is 31.9 Å². The molecule has 222 valence electrons. The maximum atomic E-state index is 14.4. The van der Waals surface area contributed by atoms with Crippen molar-refractivity contribution in [2.75, 3.05) is 42.7 Å². The number of carbonyl (C=O) groups excluding carboxylic acids is 2. The Bertz CT molecular complexity index is 1520. The summed E-state index contributed by atoms with van der Waals surface area (Å²) in [6.07, 6.45) is -0.856. The van der Waals surface area contributed by atoms with Gasteiger partial charge < -0.3 is 23.8 Å². The van der Waals surface area contributed by atoms with E-state index in [0.717, 1.165) is 30.3 Å². The predicted molar refractivity (Wildman–Crippen MR) is 147 cm³/mol. The minimum Gasteiger partial charge on any atom is -0.466 e. The highest BCUT2D eigenvalue weighted by Gasteiger charge is 2.44. The van der Waals surface area contributed by atoms with Crippen LogP contribution in [0, 0.1) is 5.92 Å². The number of aromatic nitrogens is 3. The van der Waals surface area contributed by atoms with E-state index in [4.69, 9.17) is 9.47 Å². The summed E-state index contributed by atoms with van der Waals surface area (Å²) in [5, 5.41) is 8.17. The van der Waals surface area contributed by atoms with Crippen LogP contribution in [-0.2, 0) is 45.9 Å². The van der Waals surface area contributed by atoms with Gasteiger partial charge in [-0.05, 0) is 48.2 Å². The van der Waals surface area contributed by atoms with Gasteiger partial charge in [-0.25, -0.2) is 0 Å². The van der Waals surface area contributed by atoms with Crippen molar-refractivity contribution in [2.45, 2.75) is 44.3 Å². The van der Waals surface area contributed by atoms with E-state index in [9.17, 15) is 22.8 Å². The van der Waals surface area contributed by atoms with Crippen LogP contribution >= 0.6 is 0 Å². The largest absolute Gasteiger partial charge is 0.466 e. The SMILES string of the molecule is CC(=O)OCC1CCCN(c2cc3c(c(C(F)(F)F)c2)CN(c2cccc(C4(Cc5nncn5C)COC4)c2)C3=O)C1. The zero-order valence-corrected chi connectivity index (χ0v) is 23.5. The zero-order chi connectivity index (χ0) is 29.6. The number of carbonyl (C=O) groups is 2. The number of piperidine rings is 1. The molecule has 2 fully saturated rings. The first kappa shape index (κ1) is 28.2. The number of esters is 1. The summed E-state index contributed by atoms with van der Waals surface area (Å²) in [5.74, 6) is -0.0496. The second kappa shape index (κ2) is 10.7. The number of aryl methyl sites for hydroxylation is 1. The van der Waals surface area contributed by atoms with E-state index in [2.05, 4.69) is 10.2 Å². The molecule has 6 rings (SSSR count). The Balaban J connectivity index is 1.30. The van der Waals surface area contributed by atoms with Gasteiger partial charge in [-0.3, -0.25) is 9.59 Å². The molecule has 3 aromatic rings. The van der Waals surface area contributed by atoms with Crippen molar-refractivity contribution in [1.29, 1.82) is 0 Å². The Morgan fingerprint density at radius 2 is 2.00 bits per heavy atom. The lowest BCUT2D eigenvalue weighted by atomic mass is 9.75. The van der Waals surface area contributed by atoms with E-state index >= 15 is 0 Å². The van der Waals surface area contributed by atoms with Crippen molar-refractivity contribution in [2.24, 2.45) is 13.0 Å². The van der Waals surface area contributed by atoms with Crippen LogP contribution in [-0.4, -0.2) is 59.6 Å². The molecule has 0 saturated carbocycles. The first-order chi connectivity index (χ1) is 20.0. The van der Waals surface area contributed by atoms with Gasteiger partial charge in [0.15, 0.2) is 0 Å². The van der Waals surface area contributed by atoms with Gasteiger partial charge >= 0.3 is 12.1 Å². The predicted octanol–water partition coefficient (Wildman–Crippen LogP) is 4.28. The summed E-state index contributed by atoms with van der Waals surface area (Å²) in [6, 6.07) is 10.1. The highest BCUT2D eigenvalue weighted by atomic mass is 19.4. The second-order valence-corrected chi connectivity index (χ2v) is 11.5. The molecule has 0 spiro atoms. The fourth-order valence-corrected chi connectivity index (χ4v) is 6.20. The Kier molecular flexibility index (Phi) is 7.20. The lowest BCUT2D eigenvalue weighted by Crippen LogP contribution is -2.49. The number of hydrogen-bond acceptors (Lipinski definition) is 7. The topological polar surface area (TPSA) is 89.8 Å². The molecule has 2 aromatic carbocycles. The first-order valence-corrected chi connectivity index (χ1v) is 14.0. The molecule has 1 unspecified atom stereocenters. The Morgan fingerprint density at radius 1 is 1.19 bits per heavy atom. The number of fused-ring (bicyclic) bond motifs is 1. The van der Waals surface area contributed by atoms with Crippen molar-refractivity contribution in [3.05, 3.63) is 70.8 Å². The van der Waals surface area contributed by atoms with E-state index < -0.39 is 17.6 Å². The molecule has 1 aromatic heterocycles. The first-order valence-electron chi connectivity index (χ1n) is 14.0. The van der Waals surface area contributed by atoms with Crippen molar-refractivity contribution in [1.82, 2.24) is 14.8 Å². The third-order valence-corrected chi connectivity index (χ3v) is 8.57. The highest BCUT2D eigenvalue weighted by molar-refractivity contribution is 6.11.